The van der Waals surface area contributed by atoms with Gasteiger partial charge in [-0.05, 0) is 32.4 Å². The SMILES string of the molecule is COc1cc(Cl)c(C)cc1NC(=O)[C@@H](C)Sc1nc(C)cs1. The lowest BCUT2D eigenvalue weighted by Gasteiger charge is -2.14. The van der Waals surface area contributed by atoms with Crippen LogP contribution < -0.4 is 10.1 Å². The van der Waals surface area contributed by atoms with E-state index in [1.807, 2.05) is 32.2 Å². The zero-order chi connectivity index (χ0) is 16.3. The molecule has 1 atom stereocenters. The highest BCUT2D eigenvalue weighted by atomic mass is 35.5. The Bertz CT molecular complexity index is 688. The molecule has 0 bridgehead atoms. The molecule has 1 heterocycles. The van der Waals surface area contributed by atoms with Crippen LogP contribution in [0.4, 0.5) is 5.69 Å². The van der Waals surface area contributed by atoms with Crippen LogP contribution in [-0.4, -0.2) is 23.3 Å². The molecule has 4 nitrogen and oxygen atoms in total. The third-order valence-electron chi connectivity index (χ3n) is 2.98. The molecule has 0 saturated carbocycles. The first-order chi connectivity index (χ1) is 10.4. The van der Waals surface area contributed by atoms with Gasteiger partial charge in [0.15, 0.2) is 4.34 Å². The van der Waals surface area contributed by atoms with E-state index in [0.717, 1.165) is 15.6 Å². The molecular formula is C15H17ClN2O2S2. The van der Waals surface area contributed by atoms with Crippen LogP contribution >= 0.6 is 34.7 Å². The second-order valence-electron chi connectivity index (χ2n) is 4.81. The normalized spacial score (nSPS) is 12.0. The summed E-state index contributed by atoms with van der Waals surface area (Å²) < 4.78 is 6.16. The fraction of sp³-hybridized carbons (Fsp3) is 0.333. The summed E-state index contributed by atoms with van der Waals surface area (Å²) in [6, 6.07) is 3.51. The van der Waals surface area contributed by atoms with E-state index >= 15 is 0 Å². The van der Waals surface area contributed by atoms with Gasteiger partial charge in [0.1, 0.15) is 5.75 Å². The minimum atomic E-state index is -0.258. The summed E-state index contributed by atoms with van der Waals surface area (Å²) in [7, 11) is 1.55. The Hall–Kier alpha value is -1.24. The Morgan fingerprint density at radius 2 is 2.18 bits per heavy atom. The molecule has 2 aromatic rings. The number of thioether (sulfide) groups is 1. The molecule has 22 heavy (non-hydrogen) atoms. The smallest absolute Gasteiger partial charge is 0.237 e. The van der Waals surface area contributed by atoms with Gasteiger partial charge in [0.05, 0.1) is 18.0 Å². The summed E-state index contributed by atoms with van der Waals surface area (Å²) in [6.45, 7) is 5.67. The van der Waals surface area contributed by atoms with E-state index in [9.17, 15) is 4.79 Å². The van der Waals surface area contributed by atoms with Crippen molar-refractivity contribution in [3.8, 4) is 5.75 Å². The lowest BCUT2D eigenvalue weighted by molar-refractivity contribution is -0.115. The van der Waals surface area contributed by atoms with Crippen molar-refractivity contribution < 1.29 is 9.53 Å². The van der Waals surface area contributed by atoms with Crippen LogP contribution in [0.5, 0.6) is 5.75 Å². The highest BCUT2D eigenvalue weighted by Gasteiger charge is 2.18. The number of carbonyl (C=O) groups is 1. The van der Waals surface area contributed by atoms with Crippen molar-refractivity contribution in [3.05, 3.63) is 33.8 Å². The molecule has 1 aromatic heterocycles. The van der Waals surface area contributed by atoms with E-state index in [4.69, 9.17) is 16.3 Å². The fourth-order valence-electron chi connectivity index (χ4n) is 1.76. The van der Waals surface area contributed by atoms with Gasteiger partial charge in [-0.2, -0.15) is 0 Å². The predicted octanol–water partition coefficient (Wildman–Crippen LogP) is 4.54. The van der Waals surface area contributed by atoms with E-state index in [-0.39, 0.29) is 11.2 Å². The van der Waals surface area contributed by atoms with Gasteiger partial charge in [-0.15, -0.1) is 11.3 Å². The Balaban J connectivity index is 2.09. The summed E-state index contributed by atoms with van der Waals surface area (Å²) in [5.74, 6) is 0.448. The van der Waals surface area contributed by atoms with Gasteiger partial charge >= 0.3 is 0 Å². The van der Waals surface area contributed by atoms with Crippen molar-refractivity contribution in [2.75, 3.05) is 12.4 Å². The zero-order valence-electron chi connectivity index (χ0n) is 12.8. The molecule has 0 fully saturated rings. The highest BCUT2D eigenvalue weighted by Crippen LogP contribution is 2.32. The minimum Gasteiger partial charge on any atom is -0.495 e. The van der Waals surface area contributed by atoms with Gasteiger partial charge in [0.2, 0.25) is 5.91 Å². The average molecular weight is 357 g/mol. The van der Waals surface area contributed by atoms with Crippen molar-refractivity contribution in [2.24, 2.45) is 0 Å². The fourth-order valence-corrected chi connectivity index (χ4v) is 3.89. The quantitative estimate of drug-likeness (QED) is 0.799. The number of hydrogen-bond donors (Lipinski definition) is 1. The molecule has 118 valence electrons. The summed E-state index contributed by atoms with van der Waals surface area (Å²) in [4.78, 5) is 16.7. The Morgan fingerprint density at radius 1 is 1.45 bits per heavy atom. The van der Waals surface area contributed by atoms with Crippen LogP contribution in [0.3, 0.4) is 0 Å². The maximum absolute atomic E-state index is 12.3. The average Bonchev–Trinajstić information content (AvgIpc) is 2.87. The molecule has 0 aliphatic rings. The number of methoxy groups -OCH3 is 1. The van der Waals surface area contributed by atoms with Crippen molar-refractivity contribution in [2.45, 2.75) is 30.4 Å². The number of anilines is 1. The van der Waals surface area contributed by atoms with Gasteiger partial charge in [0.25, 0.3) is 0 Å². The van der Waals surface area contributed by atoms with E-state index < -0.39 is 0 Å². The van der Waals surface area contributed by atoms with Gasteiger partial charge in [-0.1, -0.05) is 23.4 Å². The second kappa shape index (κ2) is 7.35. The number of nitrogens with one attached hydrogen (secondary N) is 1. The number of aromatic nitrogens is 1. The number of halogens is 1. The number of hydrogen-bond acceptors (Lipinski definition) is 5. The molecule has 1 aromatic carbocycles. The third kappa shape index (κ3) is 4.15. The highest BCUT2D eigenvalue weighted by molar-refractivity contribution is 8.02. The van der Waals surface area contributed by atoms with E-state index in [2.05, 4.69) is 10.3 Å². The Labute approximate surface area is 143 Å². The standard InChI is InChI=1S/C15H17ClN2O2S2/c1-8-5-12(13(20-4)6-11(8)16)18-14(19)10(3)22-15-17-9(2)7-21-15/h5-7,10H,1-4H3,(H,18,19)/t10-/m1/s1. The van der Waals surface area contributed by atoms with Crippen molar-refractivity contribution in [1.29, 1.82) is 0 Å². The Kier molecular flexibility index (Phi) is 5.72. The molecule has 7 heteroatoms. The molecule has 0 radical (unpaired) electrons. The summed E-state index contributed by atoms with van der Waals surface area (Å²) in [6.07, 6.45) is 0. The summed E-state index contributed by atoms with van der Waals surface area (Å²) >= 11 is 9.05. The molecule has 2 rings (SSSR count). The molecule has 0 aliphatic carbocycles. The number of carbonyl (C=O) groups excluding carboxylic acids is 1. The largest absolute Gasteiger partial charge is 0.495 e. The lowest BCUT2D eigenvalue weighted by atomic mass is 10.2. The summed E-state index contributed by atoms with van der Waals surface area (Å²) in [5, 5.41) is 5.21. The van der Waals surface area contributed by atoms with Crippen LogP contribution in [0.25, 0.3) is 0 Å². The van der Waals surface area contributed by atoms with Gasteiger partial charge in [0, 0.05) is 22.2 Å². The number of rotatable bonds is 5. The first kappa shape index (κ1) is 17.1. The van der Waals surface area contributed by atoms with Crippen LogP contribution in [-0.2, 0) is 4.79 Å². The number of ether oxygens (including phenoxy) is 1. The van der Waals surface area contributed by atoms with Crippen molar-refractivity contribution >= 4 is 46.3 Å². The van der Waals surface area contributed by atoms with E-state index in [1.54, 1.807) is 24.5 Å². The number of amides is 1. The molecular weight excluding hydrogens is 340 g/mol. The topological polar surface area (TPSA) is 51.2 Å². The van der Waals surface area contributed by atoms with Gasteiger partial charge < -0.3 is 10.1 Å². The molecule has 0 unspecified atom stereocenters. The monoisotopic (exact) mass is 356 g/mol. The van der Waals surface area contributed by atoms with Crippen molar-refractivity contribution in [1.82, 2.24) is 4.98 Å². The Morgan fingerprint density at radius 3 is 2.77 bits per heavy atom. The molecule has 1 N–H and O–H groups in total. The van der Waals surface area contributed by atoms with Gasteiger partial charge in [-0.25, -0.2) is 4.98 Å². The second-order valence-corrected chi connectivity index (χ2v) is 7.66. The number of aryl methyl sites for hydroxylation is 2. The molecule has 0 saturated heterocycles. The first-order valence-corrected chi connectivity index (χ1v) is 8.78. The molecule has 1 amide bonds. The van der Waals surface area contributed by atoms with Crippen LogP contribution in [0, 0.1) is 13.8 Å². The summed E-state index contributed by atoms with van der Waals surface area (Å²) in [5.41, 5.74) is 2.47. The number of thiazole rings is 1. The van der Waals surface area contributed by atoms with E-state index in [0.29, 0.717) is 16.5 Å². The lowest BCUT2D eigenvalue weighted by Crippen LogP contribution is -2.22. The number of benzene rings is 1. The van der Waals surface area contributed by atoms with E-state index in [1.165, 1.54) is 11.8 Å². The third-order valence-corrected chi connectivity index (χ3v) is 5.58. The zero-order valence-corrected chi connectivity index (χ0v) is 15.2. The maximum atomic E-state index is 12.3. The van der Waals surface area contributed by atoms with Gasteiger partial charge in [-0.3, -0.25) is 4.79 Å². The van der Waals surface area contributed by atoms with Crippen molar-refractivity contribution in [3.63, 3.8) is 0 Å². The predicted molar refractivity (Wildman–Crippen MR) is 93.5 cm³/mol. The first-order valence-electron chi connectivity index (χ1n) is 6.64. The maximum Gasteiger partial charge on any atom is 0.237 e. The van der Waals surface area contributed by atoms with Crippen LogP contribution in [0.2, 0.25) is 5.02 Å². The molecule has 0 aliphatic heterocycles. The number of nitrogens with zero attached hydrogens (tertiary/aromatic N) is 1. The van der Waals surface area contributed by atoms with Crippen LogP contribution in [0.1, 0.15) is 18.2 Å². The van der Waals surface area contributed by atoms with Crippen LogP contribution in [0.15, 0.2) is 21.9 Å². The molecule has 0 spiro atoms. The minimum absolute atomic E-state index is 0.0992.